The lowest BCUT2D eigenvalue weighted by molar-refractivity contribution is 0.922. The number of halogens is 1. The first kappa shape index (κ1) is 9.27. The van der Waals surface area contributed by atoms with Gasteiger partial charge in [-0.1, -0.05) is 31.0 Å². The topological polar surface area (TPSA) is 12.4 Å². The summed E-state index contributed by atoms with van der Waals surface area (Å²) < 4.78 is 0. The van der Waals surface area contributed by atoms with Gasteiger partial charge >= 0.3 is 0 Å². The van der Waals surface area contributed by atoms with E-state index >= 15 is 0 Å². The van der Waals surface area contributed by atoms with Crippen molar-refractivity contribution in [3.8, 4) is 0 Å². The van der Waals surface area contributed by atoms with Gasteiger partial charge in [0.25, 0.3) is 0 Å². The van der Waals surface area contributed by atoms with Crippen molar-refractivity contribution in [3.05, 3.63) is 28.8 Å². The summed E-state index contributed by atoms with van der Waals surface area (Å²) in [6.45, 7) is 5.63. The molecule has 1 rings (SSSR count). The molecule has 0 unspecified atom stereocenters. The SMILES string of the molecule is C=Nc1cccc(Cl)c1CCC. The molecule has 64 valence electrons. The lowest BCUT2D eigenvalue weighted by Crippen LogP contribution is -1.85. The number of aliphatic imine (C=N–C) groups is 1. The van der Waals surface area contributed by atoms with Gasteiger partial charge in [0.05, 0.1) is 5.69 Å². The molecule has 0 aliphatic heterocycles. The molecule has 0 fully saturated rings. The van der Waals surface area contributed by atoms with Gasteiger partial charge in [0.2, 0.25) is 0 Å². The maximum atomic E-state index is 6.00. The van der Waals surface area contributed by atoms with Crippen LogP contribution in [0.15, 0.2) is 23.2 Å². The molecule has 0 radical (unpaired) electrons. The van der Waals surface area contributed by atoms with Crippen molar-refractivity contribution in [2.75, 3.05) is 0 Å². The van der Waals surface area contributed by atoms with Crippen LogP contribution in [-0.2, 0) is 6.42 Å². The molecule has 0 amide bonds. The molecule has 0 aliphatic carbocycles. The van der Waals surface area contributed by atoms with Gasteiger partial charge in [-0.15, -0.1) is 0 Å². The first-order valence-corrected chi connectivity index (χ1v) is 4.41. The molecule has 0 saturated carbocycles. The lowest BCUT2D eigenvalue weighted by Gasteiger charge is -2.05. The highest BCUT2D eigenvalue weighted by molar-refractivity contribution is 6.31. The molecule has 1 nitrogen and oxygen atoms in total. The van der Waals surface area contributed by atoms with Gasteiger partial charge < -0.3 is 0 Å². The molecular formula is C10H12ClN. The van der Waals surface area contributed by atoms with E-state index in [-0.39, 0.29) is 0 Å². The largest absolute Gasteiger partial charge is 0.264 e. The van der Waals surface area contributed by atoms with Crippen molar-refractivity contribution in [3.63, 3.8) is 0 Å². The van der Waals surface area contributed by atoms with Crippen LogP contribution in [0.25, 0.3) is 0 Å². The van der Waals surface area contributed by atoms with Crippen LogP contribution in [0.1, 0.15) is 18.9 Å². The zero-order valence-corrected chi connectivity index (χ0v) is 7.93. The van der Waals surface area contributed by atoms with Crippen molar-refractivity contribution in [1.29, 1.82) is 0 Å². The maximum absolute atomic E-state index is 6.00. The lowest BCUT2D eigenvalue weighted by atomic mass is 10.1. The fourth-order valence-electron chi connectivity index (χ4n) is 1.19. The van der Waals surface area contributed by atoms with Gasteiger partial charge in [0, 0.05) is 5.02 Å². The van der Waals surface area contributed by atoms with E-state index in [1.165, 1.54) is 0 Å². The first-order chi connectivity index (χ1) is 5.79. The van der Waals surface area contributed by atoms with Crippen LogP contribution in [0.2, 0.25) is 5.02 Å². The monoisotopic (exact) mass is 181 g/mol. The van der Waals surface area contributed by atoms with E-state index in [0.29, 0.717) is 0 Å². The van der Waals surface area contributed by atoms with Gasteiger partial charge in [-0.05, 0) is 30.8 Å². The number of nitrogens with zero attached hydrogens (tertiary/aromatic N) is 1. The third-order valence-electron chi connectivity index (χ3n) is 1.76. The van der Waals surface area contributed by atoms with E-state index in [1.807, 2.05) is 18.2 Å². The van der Waals surface area contributed by atoms with E-state index in [0.717, 1.165) is 29.1 Å². The maximum Gasteiger partial charge on any atom is 0.0669 e. The van der Waals surface area contributed by atoms with E-state index in [4.69, 9.17) is 11.6 Å². The van der Waals surface area contributed by atoms with Gasteiger partial charge in [0.1, 0.15) is 0 Å². The Labute approximate surface area is 78.1 Å². The molecule has 0 aromatic heterocycles. The summed E-state index contributed by atoms with van der Waals surface area (Å²) in [7, 11) is 0. The van der Waals surface area contributed by atoms with E-state index in [9.17, 15) is 0 Å². The average molecular weight is 182 g/mol. The van der Waals surface area contributed by atoms with Gasteiger partial charge in [0.15, 0.2) is 0 Å². The second-order valence-electron chi connectivity index (χ2n) is 2.65. The molecule has 2 heteroatoms. The Morgan fingerprint density at radius 2 is 2.25 bits per heavy atom. The smallest absolute Gasteiger partial charge is 0.0669 e. The second-order valence-corrected chi connectivity index (χ2v) is 3.05. The molecule has 1 aromatic rings. The van der Waals surface area contributed by atoms with Crippen LogP contribution in [0, 0.1) is 0 Å². The fraction of sp³-hybridized carbons (Fsp3) is 0.300. The average Bonchev–Trinajstić information content (AvgIpc) is 2.09. The van der Waals surface area contributed by atoms with Crippen LogP contribution in [0.3, 0.4) is 0 Å². The normalized spacial score (nSPS) is 9.83. The summed E-state index contributed by atoms with van der Waals surface area (Å²) in [5, 5.41) is 0.793. The highest BCUT2D eigenvalue weighted by Crippen LogP contribution is 2.27. The van der Waals surface area contributed by atoms with Crippen molar-refractivity contribution in [2.45, 2.75) is 19.8 Å². The second kappa shape index (κ2) is 4.27. The van der Waals surface area contributed by atoms with Crippen molar-refractivity contribution in [1.82, 2.24) is 0 Å². The van der Waals surface area contributed by atoms with E-state index in [2.05, 4.69) is 18.6 Å². The van der Waals surface area contributed by atoms with Crippen LogP contribution >= 0.6 is 11.6 Å². The summed E-state index contributed by atoms with van der Waals surface area (Å²) in [5.74, 6) is 0. The zero-order chi connectivity index (χ0) is 8.97. The third-order valence-corrected chi connectivity index (χ3v) is 2.12. The zero-order valence-electron chi connectivity index (χ0n) is 7.18. The first-order valence-electron chi connectivity index (χ1n) is 4.03. The van der Waals surface area contributed by atoms with E-state index < -0.39 is 0 Å². The highest BCUT2D eigenvalue weighted by Gasteiger charge is 2.03. The van der Waals surface area contributed by atoms with Crippen LogP contribution in [0.5, 0.6) is 0 Å². The molecular weight excluding hydrogens is 170 g/mol. The summed E-state index contributed by atoms with van der Waals surface area (Å²) in [6, 6.07) is 5.72. The van der Waals surface area contributed by atoms with Gasteiger partial charge in [-0.2, -0.15) is 0 Å². The molecule has 0 atom stereocenters. The summed E-state index contributed by atoms with van der Waals surface area (Å²) in [4.78, 5) is 3.92. The Hall–Kier alpha value is -0.820. The van der Waals surface area contributed by atoms with Crippen LogP contribution < -0.4 is 0 Å². The number of hydrogen-bond donors (Lipinski definition) is 0. The molecule has 0 spiro atoms. The summed E-state index contributed by atoms with van der Waals surface area (Å²) >= 11 is 6.00. The molecule has 12 heavy (non-hydrogen) atoms. The Morgan fingerprint density at radius 3 is 2.83 bits per heavy atom. The Bertz CT molecular complexity index is 281. The summed E-state index contributed by atoms with van der Waals surface area (Å²) in [6.07, 6.45) is 2.04. The Kier molecular flexibility index (Phi) is 3.30. The number of rotatable bonds is 3. The Balaban J connectivity index is 3.10. The highest BCUT2D eigenvalue weighted by atomic mass is 35.5. The molecule has 0 saturated heterocycles. The minimum absolute atomic E-state index is 0.793. The van der Waals surface area contributed by atoms with Crippen molar-refractivity contribution in [2.24, 2.45) is 4.99 Å². The van der Waals surface area contributed by atoms with E-state index in [1.54, 1.807) is 0 Å². The molecule has 0 heterocycles. The molecule has 0 N–H and O–H groups in total. The predicted octanol–water partition coefficient (Wildman–Crippen LogP) is 3.62. The number of benzene rings is 1. The fourth-order valence-corrected chi connectivity index (χ4v) is 1.46. The Morgan fingerprint density at radius 1 is 1.50 bits per heavy atom. The third kappa shape index (κ3) is 1.86. The molecule has 0 bridgehead atoms. The van der Waals surface area contributed by atoms with Gasteiger partial charge in [-0.3, -0.25) is 4.99 Å². The van der Waals surface area contributed by atoms with Crippen molar-refractivity contribution >= 4 is 24.0 Å². The minimum atomic E-state index is 0.793. The minimum Gasteiger partial charge on any atom is -0.264 e. The summed E-state index contributed by atoms with van der Waals surface area (Å²) in [5.41, 5.74) is 2.01. The van der Waals surface area contributed by atoms with Crippen molar-refractivity contribution < 1.29 is 0 Å². The van der Waals surface area contributed by atoms with Crippen LogP contribution in [-0.4, -0.2) is 6.72 Å². The molecule has 0 aliphatic rings. The van der Waals surface area contributed by atoms with Crippen LogP contribution in [0.4, 0.5) is 5.69 Å². The predicted molar refractivity (Wildman–Crippen MR) is 54.7 cm³/mol. The van der Waals surface area contributed by atoms with Gasteiger partial charge in [-0.25, -0.2) is 0 Å². The number of hydrogen-bond acceptors (Lipinski definition) is 1. The quantitative estimate of drug-likeness (QED) is 0.632. The molecule has 1 aromatic carbocycles. The standard InChI is InChI=1S/C10H12ClN/c1-3-5-8-9(11)6-4-7-10(8)12-2/h4,6-7H,2-3,5H2,1H3.